The number of hydrogen-bond acceptors (Lipinski definition) is 4. The molecule has 1 aliphatic rings. The van der Waals surface area contributed by atoms with Gasteiger partial charge in [0.05, 0.1) is 12.8 Å². The normalized spacial score (nSPS) is 17.5. The van der Waals surface area contributed by atoms with Crippen LogP contribution in [0.2, 0.25) is 0 Å². The third kappa shape index (κ3) is 3.27. The molecule has 2 aromatic heterocycles. The second-order valence-electron chi connectivity index (χ2n) is 6.67. The number of H-pyrrole nitrogens is 1. The van der Waals surface area contributed by atoms with E-state index in [1.807, 2.05) is 30.0 Å². The van der Waals surface area contributed by atoms with Crippen LogP contribution in [0.4, 0.5) is 0 Å². The van der Waals surface area contributed by atoms with Crippen LogP contribution in [0.1, 0.15) is 59.7 Å². The van der Waals surface area contributed by atoms with Gasteiger partial charge in [-0.1, -0.05) is 13.8 Å². The highest BCUT2D eigenvalue weighted by Gasteiger charge is 2.30. The SMILES string of the molecule is COc1cc(C)nc([C@@H]2CCN(C(=O)c3cc(C(C)C)n[nH]3)C2)c1. The number of aromatic nitrogens is 3. The van der Waals surface area contributed by atoms with Crippen LogP contribution in [0.5, 0.6) is 5.75 Å². The van der Waals surface area contributed by atoms with Crippen LogP contribution < -0.4 is 4.74 Å². The van der Waals surface area contributed by atoms with Crippen molar-refractivity contribution in [2.24, 2.45) is 0 Å². The van der Waals surface area contributed by atoms with Gasteiger partial charge < -0.3 is 9.64 Å². The van der Waals surface area contributed by atoms with Crippen molar-refractivity contribution in [2.75, 3.05) is 20.2 Å². The van der Waals surface area contributed by atoms with Crippen molar-refractivity contribution in [2.45, 2.75) is 39.0 Å². The molecule has 0 bridgehead atoms. The van der Waals surface area contributed by atoms with Crippen LogP contribution in [-0.2, 0) is 0 Å². The number of likely N-dealkylation sites (tertiary alicyclic amines) is 1. The van der Waals surface area contributed by atoms with Crippen LogP contribution in [0.25, 0.3) is 0 Å². The molecule has 6 nitrogen and oxygen atoms in total. The first-order chi connectivity index (χ1) is 11.5. The summed E-state index contributed by atoms with van der Waals surface area (Å²) in [6, 6.07) is 5.74. The van der Waals surface area contributed by atoms with E-state index < -0.39 is 0 Å². The van der Waals surface area contributed by atoms with E-state index in [0.29, 0.717) is 18.2 Å². The van der Waals surface area contributed by atoms with Crippen LogP contribution >= 0.6 is 0 Å². The summed E-state index contributed by atoms with van der Waals surface area (Å²) in [6.45, 7) is 7.49. The summed E-state index contributed by atoms with van der Waals surface area (Å²) in [6.07, 6.45) is 0.913. The molecule has 1 amide bonds. The maximum atomic E-state index is 12.7. The topological polar surface area (TPSA) is 71.1 Å². The van der Waals surface area contributed by atoms with Crippen molar-refractivity contribution in [3.63, 3.8) is 0 Å². The molecule has 0 unspecified atom stereocenters. The van der Waals surface area contributed by atoms with E-state index in [2.05, 4.69) is 29.0 Å². The molecular weight excluding hydrogens is 304 g/mol. The van der Waals surface area contributed by atoms with Crippen molar-refractivity contribution in [3.05, 3.63) is 41.0 Å². The summed E-state index contributed by atoms with van der Waals surface area (Å²) >= 11 is 0. The van der Waals surface area contributed by atoms with E-state index >= 15 is 0 Å². The van der Waals surface area contributed by atoms with E-state index in [-0.39, 0.29) is 11.8 Å². The number of aromatic amines is 1. The van der Waals surface area contributed by atoms with Gasteiger partial charge in [0.1, 0.15) is 11.4 Å². The average molecular weight is 328 g/mol. The van der Waals surface area contributed by atoms with Gasteiger partial charge in [-0.25, -0.2) is 0 Å². The Balaban J connectivity index is 1.72. The van der Waals surface area contributed by atoms with Gasteiger partial charge in [-0.3, -0.25) is 14.9 Å². The van der Waals surface area contributed by atoms with Crippen molar-refractivity contribution >= 4 is 5.91 Å². The van der Waals surface area contributed by atoms with E-state index in [9.17, 15) is 4.79 Å². The number of ether oxygens (including phenoxy) is 1. The van der Waals surface area contributed by atoms with Gasteiger partial charge in [0, 0.05) is 42.5 Å². The molecule has 24 heavy (non-hydrogen) atoms. The lowest BCUT2D eigenvalue weighted by atomic mass is 10.0. The third-order valence-corrected chi connectivity index (χ3v) is 4.50. The van der Waals surface area contributed by atoms with Gasteiger partial charge in [-0.05, 0) is 25.3 Å². The van der Waals surface area contributed by atoms with Crippen LogP contribution in [0, 0.1) is 6.92 Å². The second-order valence-corrected chi connectivity index (χ2v) is 6.67. The smallest absolute Gasteiger partial charge is 0.271 e. The predicted octanol–water partition coefficient (Wildman–Crippen LogP) is 2.87. The lowest BCUT2D eigenvalue weighted by Gasteiger charge is -2.16. The number of nitrogens with zero attached hydrogens (tertiary/aromatic N) is 3. The molecule has 6 heteroatoms. The van der Waals surface area contributed by atoms with Crippen LogP contribution in [0.15, 0.2) is 18.2 Å². The molecule has 0 aromatic carbocycles. The van der Waals surface area contributed by atoms with Crippen LogP contribution in [-0.4, -0.2) is 46.2 Å². The number of nitrogens with one attached hydrogen (secondary N) is 1. The molecule has 0 saturated carbocycles. The second kappa shape index (κ2) is 6.63. The Morgan fingerprint density at radius 1 is 1.38 bits per heavy atom. The molecule has 1 atom stereocenters. The molecule has 0 aliphatic carbocycles. The minimum atomic E-state index is 0.0107. The molecule has 1 fully saturated rings. The molecule has 3 heterocycles. The fourth-order valence-electron chi connectivity index (χ4n) is 3.09. The number of methoxy groups -OCH3 is 1. The number of aryl methyl sites for hydroxylation is 1. The van der Waals surface area contributed by atoms with E-state index in [1.54, 1.807) is 7.11 Å². The highest BCUT2D eigenvalue weighted by atomic mass is 16.5. The lowest BCUT2D eigenvalue weighted by molar-refractivity contribution is 0.0785. The van der Waals surface area contributed by atoms with Crippen molar-refractivity contribution in [1.29, 1.82) is 0 Å². The van der Waals surface area contributed by atoms with Gasteiger partial charge >= 0.3 is 0 Å². The van der Waals surface area contributed by atoms with Gasteiger partial charge in [-0.2, -0.15) is 5.10 Å². The minimum Gasteiger partial charge on any atom is -0.497 e. The Labute approximate surface area is 142 Å². The largest absolute Gasteiger partial charge is 0.497 e. The first-order valence-electron chi connectivity index (χ1n) is 8.35. The zero-order valence-corrected chi connectivity index (χ0v) is 14.7. The summed E-state index contributed by atoms with van der Waals surface area (Å²) in [5.74, 6) is 1.38. The summed E-state index contributed by atoms with van der Waals surface area (Å²) in [4.78, 5) is 19.2. The third-order valence-electron chi connectivity index (χ3n) is 4.50. The maximum absolute atomic E-state index is 12.7. The average Bonchev–Trinajstić information content (AvgIpc) is 3.23. The molecule has 128 valence electrons. The Morgan fingerprint density at radius 3 is 2.83 bits per heavy atom. The zero-order chi connectivity index (χ0) is 17.3. The van der Waals surface area contributed by atoms with Crippen molar-refractivity contribution < 1.29 is 9.53 Å². The van der Waals surface area contributed by atoms with E-state index in [4.69, 9.17) is 4.74 Å². The number of amides is 1. The van der Waals surface area contributed by atoms with Crippen LogP contribution in [0.3, 0.4) is 0 Å². The lowest BCUT2D eigenvalue weighted by Crippen LogP contribution is -2.28. The molecule has 1 N–H and O–H groups in total. The Hall–Kier alpha value is -2.37. The van der Waals surface area contributed by atoms with E-state index in [0.717, 1.165) is 35.8 Å². The number of hydrogen-bond donors (Lipinski definition) is 1. The van der Waals surface area contributed by atoms with Crippen molar-refractivity contribution in [3.8, 4) is 5.75 Å². The first kappa shape index (κ1) is 16.5. The highest BCUT2D eigenvalue weighted by molar-refractivity contribution is 5.92. The van der Waals surface area contributed by atoms with Gasteiger partial charge in [0.25, 0.3) is 5.91 Å². The molecule has 0 radical (unpaired) electrons. The fourth-order valence-corrected chi connectivity index (χ4v) is 3.09. The number of rotatable bonds is 4. The molecule has 1 saturated heterocycles. The summed E-state index contributed by atoms with van der Waals surface area (Å²) < 4.78 is 5.33. The molecule has 2 aromatic rings. The Bertz CT molecular complexity index is 738. The van der Waals surface area contributed by atoms with Gasteiger partial charge in [0.15, 0.2) is 0 Å². The van der Waals surface area contributed by atoms with E-state index in [1.165, 1.54) is 0 Å². The molecular formula is C18H24N4O2. The zero-order valence-electron chi connectivity index (χ0n) is 14.7. The van der Waals surface area contributed by atoms with Gasteiger partial charge in [-0.15, -0.1) is 0 Å². The standard InChI is InChI=1S/C18H24N4O2/c1-11(2)15-9-17(21-20-15)18(23)22-6-5-13(10-22)16-8-14(24-4)7-12(3)19-16/h7-9,11,13H,5-6,10H2,1-4H3,(H,20,21)/t13-/m1/s1. The van der Waals surface area contributed by atoms with Crippen molar-refractivity contribution in [1.82, 2.24) is 20.1 Å². The highest BCUT2D eigenvalue weighted by Crippen LogP contribution is 2.29. The quantitative estimate of drug-likeness (QED) is 0.937. The summed E-state index contributed by atoms with van der Waals surface area (Å²) in [7, 11) is 1.66. The predicted molar refractivity (Wildman–Crippen MR) is 91.5 cm³/mol. The number of carbonyl (C=O) groups is 1. The Morgan fingerprint density at radius 2 is 2.17 bits per heavy atom. The minimum absolute atomic E-state index is 0.0107. The molecule has 1 aliphatic heterocycles. The maximum Gasteiger partial charge on any atom is 0.271 e. The molecule has 0 spiro atoms. The Kier molecular flexibility index (Phi) is 4.55. The summed E-state index contributed by atoms with van der Waals surface area (Å²) in [5.41, 5.74) is 3.41. The molecule has 3 rings (SSSR count). The summed E-state index contributed by atoms with van der Waals surface area (Å²) in [5, 5.41) is 7.09. The monoisotopic (exact) mass is 328 g/mol. The fraction of sp³-hybridized carbons (Fsp3) is 0.500. The number of pyridine rings is 1. The first-order valence-corrected chi connectivity index (χ1v) is 8.35. The number of carbonyl (C=O) groups excluding carboxylic acids is 1. The van der Waals surface area contributed by atoms with Gasteiger partial charge in [0.2, 0.25) is 0 Å².